The van der Waals surface area contributed by atoms with E-state index in [4.69, 9.17) is 9.47 Å². The van der Waals surface area contributed by atoms with Crippen LogP contribution in [0.4, 0.5) is 0 Å². The lowest BCUT2D eigenvalue weighted by molar-refractivity contribution is 0.0601. The van der Waals surface area contributed by atoms with E-state index < -0.39 is 7.92 Å². The maximum Gasteiger partial charge on any atom is 0.338 e. The molecule has 0 bridgehead atoms. The molecule has 4 aromatic carbocycles. The number of hydrogen-bond acceptors (Lipinski definition) is 3. The predicted molar refractivity (Wildman–Crippen MR) is 130 cm³/mol. The number of ether oxygens (including phenoxy) is 2. The van der Waals surface area contributed by atoms with Gasteiger partial charge in [-0.2, -0.15) is 0 Å². The second-order valence-corrected chi connectivity index (χ2v) is 10.2. The van der Waals surface area contributed by atoms with Gasteiger partial charge in [0.05, 0.1) is 12.7 Å². The zero-order chi connectivity index (χ0) is 21.4. The van der Waals surface area contributed by atoms with Crippen LogP contribution in [0.1, 0.15) is 10.4 Å². The molecule has 1 aliphatic rings. The Morgan fingerprint density at radius 1 is 0.839 bits per heavy atom. The van der Waals surface area contributed by atoms with E-state index in [1.807, 2.05) is 42.5 Å². The van der Waals surface area contributed by atoms with Crippen LogP contribution in [0.25, 0.3) is 11.1 Å². The number of methoxy groups -OCH3 is 1. The number of para-hydroxylation sites is 1. The molecule has 5 heteroatoms. The molecule has 0 amide bonds. The van der Waals surface area contributed by atoms with E-state index in [9.17, 15) is 4.79 Å². The van der Waals surface area contributed by atoms with Crippen LogP contribution in [0.3, 0.4) is 0 Å². The average molecular weight is 489 g/mol. The van der Waals surface area contributed by atoms with Gasteiger partial charge in [-0.25, -0.2) is 4.79 Å². The fourth-order valence-electron chi connectivity index (χ4n) is 3.82. The topological polar surface area (TPSA) is 35.5 Å². The molecular weight excluding hydrogens is 471 g/mol. The Labute approximate surface area is 190 Å². The summed E-state index contributed by atoms with van der Waals surface area (Å²) in [6.07, 6.45) is 0. The Morgan fingerprint density at radius 2 is 1.58 bits per heavy atom. The molecule has 0 saturated carbocycles. The number of benzene rings is 4. The number of rotatable bonds is 3. The van der Waals surface area contributed by atoms with Crippen LogP contribution in [0, 0.1) is 0 Å². The molecule has 0 N–H and O–H groups in total. The second kappa shape index (κ2) is 8.30. The van der Waals surface area contributed by atoms with Crippen molar-refractivity contribution >= 4 is 45.7 Å². The van der Waals surface area contributed by atoms with Crippen molar-refractivity contribution in [2.75, 3.05) is 7.11 Å². The lowest BCUT2D eigenvalue weighted by Gasteiger charge is -2.29. The van der Waals surface area contributed by atoms with Gasteiger partial charge in [0.25, 0.3) is 0 Å². The second-order valence-electron chi connectivity index (χ2n) is 7.10. The molecule has 0 radical (unpaired) electrons. The SMILES string of the molecule is COC(=O)c1cc(Br)ccc1-c1ccc2c(c1)P(c1ccccc1)c1ccccc1O2. The highest BCUT2D eigenvalue weighted by Crippen LogP contribution is 2.45. The van der Waals surface area contributed by atoms with E-state index in [0.717, 1.165) is 32.4 Å². The zero-order valence-corrected chi connectivity index (χ0v) is 19.2. The molecule has 1 heterocycles. The number of fused-ring (bicyclic) bond motifs is 2. The average Bonchev–Trinajstić information content (AvgIpc) is 2.82. The summed E-state index contributed by atoms with van der Waals surface area (Å²) < 4.78 is 12.1. The van der Waals surface area contributed by atoms with Crippen molar-refractivity contribution in [2.45, 2.75) is 0 Å². The predicted octanol–water partition coefficient (Wildman–Crippen LogP) is 5.77. The Kier molecular flexibility index (Phi) is 5.35. The number of carbonyl (C=O) groups excluding carboxylic acids is 1. The Bertz CT molecular complexity index is 1290. The molecule has 0 spiro atoms. The first-order valence-electron chi connectivity index (χ1n) is 9.80. The molecule has 5 rings (SSSR count). The highest BCUT2D eigenvalue weighted by molar-refractivity contribution is 9.10. The summed E-state index contributed by atoms with van der Waals surface area (Å²) in [7, 11) is 0.612. The van der Waals surface area contributed by atoms with Crippen LogP contribution >= 0.6 is 23.9 Å². The van der Waals surface area contributed by atoms with Gasteiger partial charge in [0.1, 0.15) is 11.5 Å². The van der Waals surface area contributed by atoms with Crippen LogP contribution in [0.5, 0.6) is 11.5 Å². The lowest BCUT2D eigenvalue weighted by atomic mass is 9.99. The minimum absolute atomic E-state index is 0.360. The van der Waals surface area contributed by atoms with Crippen molar-refractivity contribution in [3.05, 3.63) is 101 Å². The first-order chi connectivity index (χ1) is 15.2. The van der Waals surface area contributed by atoms with Gasteiger partial charge < -0.3 is 9.47 Å². The van der Waals surface area contributed by atoms with Crippen molar-refractivity contribution < 1.29 is 14.3 Å². The number of esters is 1. The van der Waals surface area contributed by atoms with Crippen molar-refractivity contribution in [2.24, 2.45) is 0 Å². The summed E-state index contributed by atoms with van der Waals surface area (Å²) in [4.78, 5) is 12.4. The van der Waals surface area contributed by atoms with Gasteiger partial charge >= 0.3 is 5.97 Å². The third-order valence-electron chi connectivity index (χ3n) is 5.24. The van der Waals surface area contributed by atoms with Gasteiger partial charge in [-0.05, 0) is 54.7 Å². The van der Waals surface area contributed by atoms with Crippen molar-refractivity contribution in [3.63, 3.8) is 0 Å². The molecule has 0 aromatic heterocycles. The van der Waals surface area contributed by atoms with E-state index in [2.05, 4.69) is 58.4 Å². The monoisotopic (exact) mass is 488 g/mol. The summed E-state index contributed by atoms with van der Waals surface area (Å²) in [5, 5.41) is 3.59. The fraction of sp³-hybridized carbons (Fsp3) is 0.0385. The minimum Gasteiger partial charge on any atom is -0.465 e. The van der Waals surface area contributed by atoms with Gasteiger partial charge in [-0.3, -0.25) is 0 Å². The van der Waals surface area contributed by atoms with Crippen molar-refractivity contribution in [3.8, 4) is 22.6 Å². The van der Waals surface area contributed by atoms with Crippen LogP contribution in [0.15, 0.2) is 95.5 Å². The summed E-state index contributed by atoms with van der Waals surface area (Å²) in [6.45, 7) is 0. The quantitative estimate of drug-likeness (QED) is 0.239. The normalized spacial score (nSPS) is 14.2. The molecule has 4 aromatic rings. The third-order valence-corrected chi connectivity index (χ3v) is 8.23. The molecule has 152 valence electrons. The van der Waals surface area contributed by atoms with E-state index >= 15 is 0 Å². The highest BCUT2D eigenvalue weighted by atomic mass is 79.9. The van der Waals surface area contributed by atoms with Gasteiger partial charge in [0.15, 0.2) is 0 Å². The highest BCUT2D eigenvalue weighted by Gasteiger charge is 2.29. The smallest absolute Gasteiger partial charge is 0.338 e. The molecule has 0 fully saturated rings. The number of halogens is 1. The molecule has 0 saturated heterocycles. The molecule has 0 aliphatic carbocycles. The summed E-state index contributed by atoms with van der Waals surface area (Å²) in [5.74, 6) is 1.40. The largest absolute Gasteiger partial charge is 0.465 e. The molecule has 1 atom stereocenters. The summed E-state index contributed by atoms with van der Waals surface area (Å²) in [5.41, 5.74) is 2.32. The van der Waals surface area contributed by atoms with Crippen LogP contribution < -0.4 is 20.7 Å². The maximum atomic E-state index is 12.4. The molecule has 1 unspecified atom stereocenters. The lowest BCUT2D eigenvalue weighted by Crippen LogP contribution is -2.27. The van der Waals surface area contributed by atoms with Gasteiger partial charge in [-0.15, -0.1) is 0 Å². The van der Waals surface area contributed by atoms with Crippen LogP contribution in [-0.2, 0) is 4.74 Å². The van der Waals surface area contributed by atoms with E-state index in [-0.39, 0.29) is 5.97 Å². The maximum absolute atomic E-state index is 12.4. The van der Waals surface area contributed by atoms with E-state index in [1.165, 1.54) is 17.7 Å². The first kappa shape index (κ1) is 20.0. The van der Waals surface area contributed by atoms with Crippen molar-refractivity contribution in [1.82, 2.24) is 0 Å². The zero-order valence-electron chi connectivity index (χ0n) is 16.7. The van der Waals surface area contributed by atoms with E-state index in [0.29, 0.717) is 5.56 Å². The Morgan fingerprint density at radius 3 is 2.39 bits per heavy atom. The van der Waals surface area contributed by atoms with Crippen molar-refractivity contribution in [1.29, 1.82) is 0 Å². The minimum atomic E-state index is -0.790. The molecule has 31 heavy (non-hydrogen) atoms. The van der Waals surface area contributed by atoms with Gasteiger partial charge in [0, 0.05) is 15.1 Å². The Hall–Kier alpha value is -2.94. The first-order valence-corrected chi connectivity index (χ1v) is 11.9. The third kappa shape index (κ3) is 3.67. The summed E-state index contributed by atoms with van der Waals surface area (Å²) >= 11 is 3.46. The van der Waals surface area contributed by atoms with Crippen LogP contribution in [0.2, 0.25) is 0 Å². The molecular formula is C26H18BrO3P. The number of hydrogen-bond donors (Lipinski definition) is 0. The summed E-state index contributed by atoms with van der Waals surface area (Å²) in [6, 6.07) is 30.6. The number of carbonyl (C=O) groups is 1. The molecule has 3 nitrogen and oxygen atoms in total. The Balaban J connectivity index is 1.71. The standard InChI is InChI=1S/C26H18BrO3P/c1-29-26(28)21-16-18(27)12-13-20(21)17-11-14-23-25(15-17)31(19-7-3-2-4-8-19)24-10-6-5-9-22(24)30-23/h2-16H,1H3. The van der Waals surface area contributed by atoms with E-state index in [1.54, 1.807) is 6.07 Å². The van der Waals surface area contributed by atoms with Gasteiger partial charge in [-0.1, -0.05) is 76.6 Å². The van der Waals surface area contributed by atoms with Crippen LogP contribution in [-0.4, -0.2) is 13.1 Å². The van der Waals surface area contributed by atoms with Gasteiger partial charge in [0.2, 0.25) is 0 Å². The fourth-order valence-corrected chi connectivity index (χ4v) is 6.66. The molecule has 1 aliphatic heterocycles.